The van der Waals surface area contributed by atoms with Gasteiger partial charge in [-0.1, -0.05) is 31.5 Å². The molecule has 0 fully saturated rings. The van der Waals surface area contributed by atoms with Crippen LogP contribution in [0.3, 0.4) is 0 Å². The molecule has 16 heavy (non-hydrogen) atoms. The molecule has 1 N–H and O–H groups in total. The predicted molar refractivity (Wildman–Crippen MR) is 64.1 cm³/mol. The fraction of sp³-hybridized carbons (Fsp3) is 0.462. The Morgan fingerprint density at radius 3 is 1.94 bits per heavy atom. The Balaban J connectivity index is 0.00000225. The molecule has 0 aromatic heterocycles. The van der Waals surface area contributed by atoms with Gasteiger partial charge in [0.05, 0.1) is 0 Å². The van der Waals surface area contributed by atoms with Crippen LogP contribution in [0.2, 0.25) is 0 Å². The van der Waals surface area contributed by atoms with Crippen molar-refractivity contribution in [3.05, 3.63) is 28.8 Å². The standard InChI is InChI=1S/C13H19NO.Y/c1-8(2)13(15)14-12-10(4)6-9(3)7-11(12)5;/h6-8H,1-5H3,(H,14,15);. The zero-order valence-corrected chi connectivity index (χ0v) is 13.6. The molecule has 85 valence electrons. The first kappa shape index (κ1) is 15.8. The number of amides is 1. The minimum atomic E-state index is 0. The number of carbonyl (C=O) groups excluding carboxylic acids is 1. The SMILES string of the molecule is Cc1cc(C)c(NC(=O)C(C)C)c(C)c1.[Y]. The molecular weight excluding hydrogens is 275 g/mol. The molecule has 0 bridgehead atoms. The largest absolute Gasteiger partial charge is 0.325 e. The molecule has 1 aromatic rings. The van der Waals surface area contributed by atoms with E-state index in [2.05, 4.69) is 24.4 Å². The molecule has 3 heteroatoms. The molecule has 0 atom stereocenters. The van der Waals surface area contributed by atoms with Gasteiger partial charge >= 0.3 is 0 Å². The van der Waals surface area contributed by atoms with Crippen molar-refractivity contribution < 1.29 is 37.5 Å². The molecule has 1 amide bonds. The summed E-state index contributed by atoms with van der Waals surface area (Å²) in [5, 5.41) is 2.97. The van der Waals surface area contributed by atoms with Crippen LogP contribution in [-0.2, 0) is 37.5 Å². The van der Waals surface area contributed by atoms with Gasteiger partial charge in [0.2, 0.25) is 5.91 Å². The first-order valence-electron chi connectivity index (χ1n) is 5.30. The number of benzene rings is 1. The van der Waals surface area contributed by atoms with Gasteiger partial charge in [-0.2, -0.15) is 0 Å². The van der Waals surface area contributed by atoms with Gasteiger partial charge in [0.25, 0.3) is 0 Å². The van der Waals surface area contributed by atoms with Crippen LogP contribution in [0.25, 0.3) is 0 Å². The van der Waals surface area contributed by atoms with E-state index in [1.807, 2.05) is 27.7 Å². The van der Waals surface area contributed by atoms with Crippen LogP contribution < -0.4 is 5.32 Å². The van der Waals surface area contributed by atoms with Gasteiger partial charge in [0.15, 0.2) is 0 Å². The van der Waals surface area contributed by atoms with E-state index in [0.717, 1.165) is 16.8 Å². The number of anilines is 1. The number of aryl methyl sites for hydroxylation is 3. The minimum absolute atomic E-state index is 0. The maximum absolute atomic E-state index is 11.6. The topological polar surface area (TPSA) is 29.1 Å². The van der Waals surface area contributed by atoms with E-state index < -0.39 is 0 Å². The smallest absolute Gasteiger partial charge is 0.226 e. The first-order chi connectivity index (χ1) is 6.91. The molecule has 2 nitrogen and oxygen atoms in total. The summed E-state index contributed by atoms with van der Waals surface area (Å²) in [6.07, 6.45) is 0. The first-order valence-corrected chi connectivity index (χ1v) is 5.30. The van der Waals surface area contributed by atoms with Crippen LogP contribution in [0.4, 0.5) is 5.69 Å². The second-order valence-electron chi connectivity index (χ2n) is 4.42. The van der Waals surface area contributed by atoms with Crippen LogP contribution in [0.1, 0.15) is 30.5 Å². The van der Waals surface area contributed by atoms with E-state index in [0.29, 0.717) is 0 Å². The molecule has 0 spiro atoms. The summed E-state index contributed by atoms with van der Waals surface area (Å²) in [6, 6.07) is 4.17. The number of nitrogens with one attached hydrogen (secondary N) is 1. The van der Waals surface area contributed by atoms with Crippen molar-refractivity contribution in [2.75, 3.05) is 5.32 Å². The fourth-order valence-electron chi connectivity index (χ4n) is 1.64. The fourth-order valence-corrected chi connectivity index (χ4v) is 1.64. The summed E-state index contributed by atoms with van der Waals surface area (Å²) in [7, 11) is 0. The Morgan fingerprint density at radius 1 is 1.12 bits per heavy atom. The molecular formula is C13H19NOY. The maximum atomic E-state index is 11.6. The molecule has 0 unspecified atom stereocenters. The summed E-state index contributed by atoms with van der Waals surface area (Å²) >= 11 is 0. The van der Waals surface area contributed by atoms with Crippen molar-refractivity contribution in [3.8, 4) is 0 Å². The van der Waals surface area contributed by atoms with E-state index in [1.54, 1.807) is 0 Å². The third kappa shape index (κ3) is 3.99. The van der Waals surface area contributed by atoms with Crippen molar-refractivity contribution in [1.82, 2.24) is 0 Å². The van der Waals surface area contributed by atoms with Crippen molar-refractivity contribution >= 4 is 11.6 Å². The molecule has 1 aromatic carbocycles. The average Bonchev–Trinajstić information content (AvgIpc) is 2.10. The summed E-state index contributed by atoms with van der Waals surface area (Å²) in [6.45, 7) is 9.91. The number of hydrogen-bond donors (Lipinski definition) is 1. The van der Waals surface area contributed by atoms with Crippen molar-refractivity contribution in [3.63, 3.8) is 0 Å². The van der Waals surface area contributed by atoms with Gasteiger partial charge < -0.3 is 5.32 Å². The Kier molecular flexibility index (Phi) is 6.43. The molecule has 0 aliphatic heterocycles. The molecule has 0 saturated carbocycles. The van der Waals surface area contributed by atoms with Crippen molar-refractivity contribution in [2.24, 2.45) is 5.92 Å². The zero-order valence-electron chi connectivity index (χ0n) is 10.7. The van der Waals surface area contributed by atoms with E-state index >= 15 is 0 Å². The minimum Gasteiger partial charge on any atom is -0.325 e. The van der Waals surface area contributed by atoms with Crippen molar-refractivity contribution in [2.45, 2.75) is 34.6 Å². The maximum Gasteiger partial charge on any atom is 0.226 e. The van der Waals surface area contributed by atoms with Crippen LogP contribution in [0.15, 0.2) is 12.1 Å². The van der Waals surface area contributed by atoms with Gasteiger partial charge in [-0.15, -0.1) is 0 Å². The predicted octanol–water partition coefficient (Wildman–Crippen LogP) is 3.20. The van der Waals surface area contributed by atoms with Crippen LogP contribution in [0.5, 0.6) is 0 Å². The average molecular weight is 294 g/mol. The normalized spacial score (nSPS) is 9.88. The van der Waals surface area contributed by atoms with Gasteiger partial charge in [-0.25, -0.2) is 0 Å². The van der Waals surface area contributed by atoms with Crippen LogP contribution >= 0.6 is 0 Å². The van der Waals surface area contributed by atoms with Gasteiger partial charge in [0, 0.05) is 44.3 Å². The Labute approximate surface area is 123 Å². The van der Waals surface area contributed by atoms with E-state index in [4.69, 9.17) is 0 Å². The summed E-state index contributed by atoms with van der Waals surface area (Å²) < 4.78 is 0. The van der Waals surface area contributed by atoms with E-state index in [9.17, 15) is 4.79 Å². The van der Waals surface area contributed by atoms with Gasteiger partial charge in [0.1, 0.15) is 0 Å². The number of carbonyl (C=O) groups is 1. The third-order valence-corrected chi connectivity index (χ3v) is 2.45. The molecule has 0 saturated heterocycles. The number of rotatable bonds is 2. The Bertz CT molecular complexity index is 363. The third-order valence-electron chi connectivity index (χ3n) is 2.45. The molecule has 0 aliphatic rings. The monoisotopic (exact) mass is 294 g/mol. The van der Waals surface area contributed by atoms with Gasteiger partial charge in [-0.05, 0) is 31.9 Å². The Morgan fingerprint density at radius 2 is 1.56 bits per heavy atom. The Hall–Kier alpha value is -0.206. The van der Waals surface area contributed by atoms with E-state index in [1.165, 1.54) is 5.56 Å². The number of hydrogen-bond acceptors (Lipinski definition) is 1. The summed E-state index contributed by atoms with van der Waals surface area (Å²) in [5.74, 6) is 0.0927. The van der Waals surface area contributed by atoms with E-state index in [-0.39, 0.29) is 44.5 Å². The summed E-state index contributed by atoms with van der Waals surface area (Å²) in [4.78, 5) is 11.6. The quantitative estimate of drug-likeness (QED) is 0.891. The molecule has 1 radical (unpaired) electrons. The molecule has 1 rings (SSSR count). The van der Waals surface area contributed by atoms with Crippen LogP contribution in [0, 0.1) is 26.7 Å². The second kappa shape index (κ2) is 6.51. The zero-order chi connectivity index (χ0) is 11.6. The van der Waals surface area contributed by atoms with Crippen molar-refractivity contribution in [1.29, 1.82) is 0 Å². The summed E-state index contributed by atoms with van der Waals surface area (Å²) in [5.41, 5.74) is 4.44. The molecule has 0 heterocycles. The second-order valence-corrected chi connectivity index (χ2v) is 4.42. The van der Waals surface area contributed by atoms with Gasteiger partial charge in [-0.3, -0.25) is 4.79 Å². The van der Waals surface area contributed by atoms with Crippen LogP contribution in [-0.4, -0.2) is 5.91 Å². The molecule has 0 aliphatic carbocycles.